The summed E-state index contributed by atoms with van der Waals surface area (Å²) < 4.78 is 25.2. The fraction of sp³-hybridized carbons (Fsp3) is 0.368. The van der Waals surface area contributed by atoms with Crippen molar-refractivity contribution in [3.8, 4) is 0 Å². The van der Waals surface area contributed by atoms with E-state index < -0.39 is 10.0 Å². The number of carbonyl (C=O) groups is 1. The predicted octanol–water partition coefficient (Wildman–Crippen LogP) is 2.44. The quantitative estimate of drug-likeness (QED) is 0.800. The van der Waals surface area contributed by atoms with E-state index in [-0.39, 0.29) is 10.9 Å². The molecule has 0 spiro atoms. The second-order valence-electron chi connectivity index (χ2n) is 6.87. The largest absolute Gasteiger partial charge is 0.382 e. The van der Waals surface area contributed by atoms with Crippen molar-refractivity contribution in [2.24, 2.45) is 0 Å². The van der Waals surface area contributed by atoms with Gasteiger partial charge in [-0.15, -0.1) is 0 Å². The number of benzene rings is 1. The van der Waals surface area contributed by atoms with Gasteiger partial charge in [-0.3, -0.25) is 5.32 Å². The van der Waals surface area contributed by atoms with Gasteiger partial charge in [-0.1, -0.05) is 18.2 Å². The second-order valence-corrected chi connectivity index (χ2v) is 9.02. The van der Waals surface area contributed by atoms with E-state index in [0.29, 0.717) is 24.9 Å². The van der Waals surface area contributed by atoms with Gasteiger partial charge in [0.05, 0.1) is 0 Å². The Hall–Kier alpha value is -2.65. The lowest BCUT2D eigenvalue weighted by atomic mass is 10.0. The zero-order chi connectivity index (χ0) is 20.1. The van der Waals surface area contributed by atoms with E-state index in [4.69, 9.17) is 0 Å². The standard InChI is InChI=1S/C19H25N5O3S/c1-23(2)28(26,27)17-8-9-18(20-14-17)22-19(25)24-12-10-16(11-13-24)21-15-6-4-3-5-7-15/h3-9,14,16,21H,10-13H2,1-2H3,(H,20,22,25). The zero-order valence-corrected chi connectivity index (χ0v) is 16.8. The lowest BCUT2D eigenvalue weighted by Gasteiger charge is -2.32. The Balaban J connectivity index is 1.52. The minimum atomic E-state index is -3.53. The van der Waals surface area contributed by atoms with Gasteiger partial charge < -0.3 is 10.2 Å². The van der Waals surface area contributed by atoms with Crippen molar-refractivity contribution >= 4 is 27.6 Å². The van der Waals surface area contributed by atoms with Crippen LogP contribution in [0.3, 0.4) is 0 Å². The third kappa shape index (κ3) is 4.79. The summed E-state index contributed by atoms with van der Waals surface area (Å²) in [6.45, 7) is 1.28. The molecule has 1 aromatic carbocycles. The maximum Gasteiger partial charge on any atom is 0.323 e. The van der Waals surface area contributed by atoms with Gasteiger partial charge in [0.2, 0.25) is 10.0 Å². The highest BCUT2D eigenvalue weighted by Gasteiger charge is 2.23. The van der Waals surface area contributed by atoms with E-state index in [1.54, 1.807) is 4.90 Å². The molecule has 1 aromatic heterocycles. The number of nitrogens with one attached hydrogen (secondary N) is 2. The van der Waals surface area contributed by atoms with E-state index in [2.05, 4.69) is 15.6 Å². The number of pyridine rings is 1. The minimum absolute atomic E-state index is 0.0864. The number of nitrogens with zero attached hydrogens (tertiary/aromatic N) is 3. The van der Waals surface area contributed by atoms with E-state index >= 15 is 0 Å². The number of rotatable bonds is 5. The van der Waals surface area contributed by atoms with Crippen molar-refractivity contribution in [2.45, 2.75) is 23.8 Å². The number of sulfonamides is 1. The molecule has 1 fully saturated rings. The van der Waals surface area contributed by atoms with Crippen LogP contribution in [0.1, 0.15) is 12.8 Å². The average molecular weight is 404 g/mol. The molecule has 150 valence electrons. The molecular weight excluding hydrogens is 378 g/mol. The van der Waals surface area contributed by atoms with Crippen molar-refractivity contribution in [2.75, 3.05) is 37.8 Å². The summed E-state index contributed by atoms with van der Waals surface area (Å²) in [5, 5.41) is 6.22. The number of anilines is 2. The van der Waals surface area contributed by atoms with Crippen LogP contribution < -0.4 is 10.6 Å². The van der Waals surface area contributed by atoms with Crippen molar-refractivity contribution in [1.82, 2.24) is 14.2 Å². The molecule has 0 aliphatic carbocycles. The molecule has 2 heterocycles. The first-order valence-corrected chi connectivity index (χ1v) is 10.6. The fourth-order valence-electron chi connectivity index (χ4n) is 3.00. The summed E-state index contributed by atoms with van der Waals surface area (Å²) in [6.07, 6.45) is 2.96. The molecule has 1 saturated heterocycles. The summed E-state index contributed by atoms with van der Waals surface area (Å²) in [5.41, 5.74) is 1.09. The number of hydrogen-bond acceptors (Lipinski definition) is 5. The van der Waals surface area contributed by atoms with Crippen LogP contribution in [0.25, 0.3) is 0 Å². The highest BCUT2D eigenvalue weighted by molar-refractivity contribution is 7.89. The van der Waals surface area contributed by atoms with Crippen LogP contribution in [0.2, 0.25) is 0 Å². The first kappa shape index (κ1) is 20.1. The Morgan fingerprint density at radius 2 is 1.79 bits per heavy atom. The minimum Gasteiger partial charge on any atom is -0.382 e. The second kappa shape index (κ2) is 8.57. The van der Waals surface area contributed by atoms with Crippen LogP contribution in [0, 0.1) is 0 Å². The molecular formula is C19H25N5O3S. The van der Waals surface area contributed by atoms with E-state index in [9.17, 15) is 13.2 Å². The van der Waals surface area contributed by atoms with Gasteiger partial charge in [0, 0.05) is 45.1 Å². The Bertz CT molecular complexity index is 893. The molecule has 1 aliphatic heterocycles. The number of likely N-dealkylation sites (tertiary alicyclic amines) is 1. The maximum absolute atomic E-state index is 12.5. The molecule has 0 unspecified atom stereocenters. The molecule has 28 heavy (non-hydrogen) atoms. The van der Waals surface area contributed by atoms with Crippen molar-refractivity contribution in [1.29, 1.82) is 0 Å². The summed E-state index contributed by atoms with van der Waals surface area (Å²) in [7, 11) is -0.615. The van der Waals surface area contributed by atoms with Crippen molar-refractivity contribution in [3.05, 3.63) is 48.7 Å². The number of carbonyl (C=O) groups excluding carboxylic acids is 1. The monoisotopic (exact) mass is 403 g/mol. The van der Waals surface area contributed by atoms with Crippen LogP contribution in [0.15, 0.2) is 53.6 Å². The Labute approximate surface area is 165 Å². The Morgan fingerprint density at radius 3 is 2.36 bits per heavy atom. The first-order valence-electron chi connectivity index (χ1n) is 9.12. The van der Waals surface area contributed by atoms with Gasteiger partial charge >= 0.3 is 6.03 Å². The smallest absolute Gasteiger partial charge is 0.323 e. The highest BCUT2D eigenvalue weighted by atomic mass is 32.2. The predicted molar refractivity (Wildman–Crippen MR) is 109 cm³/mol. The molecule has 0 bridgehead atoms. The lowest BCUT2D eigenvalue weighted by molar-refractivity contribution is 0.197. The molecule has 8 nitrogen and oxygen atoms in total. The molecule has 0 saturated carbocycles. The Morgan fingerprint density at radius 1 is 1.11 bits per heavy atom. The average Bonchev–Trinajstić information content (AvgIpc) is 2.69. The number of urea groups is 1. The molecule has 2 aromatic rings. The highest BCUT2D eigenvalue weighted by Crippen LogP contribution is 2.18. The van der Waals surface area contributed by atoms with Crippen molar-refractivity contribution < 1.29 is 13.2 Å². The third-order valence-corrected chi connectivity index (χ3v) is 6.48. The van der Waals surface area contributed by atoms with Gasteiger partial charge in [0.1, 0.15) is 10.7 Å². The van der Waals surface area contributed by atoms with Crippen LogP contribution >= 0.6 is 0 Å². The number of aromatic nitrogens is 1. The summed E-state index contributed by atoms with van der Waals surface area (Å²) in [6, 6.07) is 13.1. The number of piperidine rings is 1. The molecule has 2 N–H and O–H groups in total. The summed E-state index contributed by atoms with van der Waals surface area (Å²) in [5.74, 6) is 0.326. The molecule has 2 amide bonds. The Kier molecular flexibility index (Phi) is 6.15. The van der Waals surface area contributed by atoms with Gasteiger partial charge in [-0.05, 0) is 37.1 Å². The molecule has 1 aliphatic rings. The summed E-state index contributed by atoms with van der Waals surface area (Å²) in [4.78, 5) is 18.3. The lowest BCUT2D eigenvalue weighted by Crippen LogP contribution is -2.44. The number of para-hydroxylation sites is 1. The normalized spacial score (nSPS) is 15.5. The number of hydrogen-bond donors (Lipinski definition) is 2. The first-order chi connectivity index (χ1) is 13.4. The third-order valence-electron chi connectivity index (χ3n) is 4.68. The van der Waals surface area contributed by atoms with E-state index in [1.165, 1.54) is 32.4 Å². The van der Waals surface area contributed by atoms with E-state index in [0.717, 1.165) is 22.8 Å². The van der Waals surface area contributed by atoms with E-state index in [1.807, 2.05) is 30.3 Å². The maximum atomic E-state index is 12.5. The molecule has 3 rings (SSSR count). The van der Waals surface area contributed by atoms with Gasteiger partial charge in [0.25, 0.3) is 0 Å². The molecule has 0 radical (unpaired) electrons. The van der Waals surface area contributed by atoms with Gasteiger partial charge in [-0.2, -0.15) is 0 Å². The van der Waals surface area contributed by atoms with Crippen LogP contribution in [0.4, 0.5) is 16.3 Å². The molecule has 0 atom stereocenters. The zero-order valence-electron chi connectivity index (χ0n) is 16.0. The molecule has 9 heteroatoms. The fourth-order valence-corrected chi connectivity index (χ4v) is 3.85. The number of amides is 2. The van der Waals surface area contributed by atoms with Gasteiger partial charge in [0.15, 0.2) is 0 Å². The SMILES string of the molecule is CN(C)S(=O)(=O)c1ccc(NC(=O)N2CCC(Nc3ccccc3)CC2)nc1. The van der Waals surface area contributed by atoms with Crippen LogP contribution in [-0.2, 0) is 10.0 Å². The van der Waals surface area contributed by atoms with Gasteiger partial charge in [-0.25, -0.2) is 22.5 Å². The topological polar surface area (TPSA) is 94.6 Å². The van der Waals surface area contributed by atoms with Crippen molar-refractivity contribution in [3.63, 3.8) is 0 Å². The van der Waals surface area contributed by atoms with Crippen LogP contribution in [0.5, 0.6) is 0 Å². The summed E-state index contributed by atoms with van der Waals surface area (Å²) >= 11 is 0. The van der Waals surface area contributed by atoms with Crippen LogP contribution in [-0.4, -0.2) is 61.9 Å².